The van der Waals surface area contributed by atoms with Crippen LogP contribution in [0.15, 0.2) is 36.4 Å². The number of benzene rings is 2. The Kier molecular flexibility index (Phi) is 4.96. The number of aryl methyl sites for hydroxylation is 1. The number of esters is 1. The number of amides is 1. The highest BCUT2D eigenvalue weighted by atomic mass is 19.4. The highest BCUT2D eigenvalue weighted by molar-refractivity contribution is 5.99. The highest BCUT2D eigenvalue weighted by Gasteiger charge is 2.34. The summed E-state index contributed by atoms with van der Waals surface area (Å²) in [7, 11) is 0. The Balaban J connectivity index is 2.45. The van der Waals surface area contributed by atoms with Gasteiger partial charge in [0.25, 0.3) is 11.6 Å². The summed E-state index contributed by atoms with van der Waals surface area (Å²) in [5.41, 5.74) is 2.62. The molecular weight excluding hydrogens is 357 g/mol. The summed E-state index contributed by atoms with van der Waals surface area (Å²) < 4.78 is 43.0. The van der Waals surface area contributed by atoms with E-state index in [4.69, 9.17) is 10.5 Å². The molecule has 0 bridgehead atoms. The molecule has 0 saturated heterocycles. The van der Waals surface area contributed by atoms with E-state index in [9.17, 15) is 32.9 Å². The van der Waals surface area contributed by atoms with E-state index in [1.54, 1.807) is 6.92 Å². The van der Waals surface area contributed by atoms with Crippen LogP contribution in [0, 0.1) is 17.0 Å². The SMILES string of the molecule is Cc1ccc(OC(=O)c2ccc(C(F)(F)F)cc2[N+](=O)[O-])c(C(N)=O)c1. The van der Waals surface area contributed by atoms with Crippen LogP contribution >= 0.6 is 0 Å². The molecule has 0 spiro atoms. The second kappa shape index (κ2) is 6.82. The van der Waals surface area contributed by atoms with Crippen LogP contribution in [0.1, 0.15) is 31.8 Å². The van der Waals surface area contributed by atoms with Crippen molar-refractivity contribution >= 4 is 17.6 Å². The van der Waals surface area contributed by atoms with Crippen LogP contribution in [-0.4, -0.2) is 16.8 Å². The lowest BCUT2D eigenvalue weighted by atomic mass is 10.1. The number of nitro groups is 1. The molecule has 26 heavy (non-hydrogen) atoms. The number of alkyl halides is 3. The van der Waals surface area contributed by atoms with Gasteiger partial charge in [0.15, 0.2) is 0 Å². The quantitative estimate of drug-likeness (QED) is 0.385. The zero-order chi connectivity index (χ0) is 19.6. The fourth-order valence-electron chi connectivity index (χ4n) is 2.11. The van der Waals surface area contributed by atoms with Gasteiger partial charge in [-0.1, -0.05) is 11.6 Å². The molecule has 0 unspecified atom stereocenters. The van der Waals surface area contributed by atoms with Crippen molar-refractivity contribution in [1.82, 2.24) is 0 Å². The Morgan fingerprint density at radius 1 is 1.12 bits per heavy atom. The fraction of sp³-hybridized carbons (Fsp3) is 0.125. The van der Waals surface area contributed by atoms with Gasteiger partial charge in [0.05, 0.1) is 16.1 Å². The van der Waals surface area contributed by atoms with Gasteiger partial charge in [0, 0.05) is 6.07 Å². The molecule has 0 aliphatic heterocycles. The fourth-order valence-corrected chi connectivity index (χ4v) is 2.11. The molecule has 0 aliphatic rings. The lowest BCUT2D eigenvalue weighted by Gasteiger charge is -2.10. The summed E-state index contributed by atoms with van der Waals surface area (Å²) in [6.45, 7) is 1.65. The van der Waals surface area contributed by atoms with Crippen molar-refractivity contribution in [3.63, 3.8) is 0 Å². The van der Waals surface area contributed by atoms with Gasteiger partial charge >= 0.3 is 12.1 Å². The number of carbonyl (C=O) groups excluding carboxylic acids is 2. The van der Waals surface area contributed by atoms with Gasteiger partial charge in [0.2, 0.25) is 0 Å². The first-order chi connectivity index (χ1) is 12.0. The molecule has 0 aliphatic carbocycles. The molecule has 2 aromatic rings. The number of carbonyl (C=O) groups is 2. The van der Waals surface area contributed by atoms with E-state index in [1.165, 1.54) is 18.2 Å². The van der Waals surface area contributed by atoms with Crippen molar-refractivity contribution in [2.45, 2.75) is 13.1 Å². The van der Waals surface area contributed by atoms with Gasteiger partial charge in [-0.25, -0.2) is 4.79 Å². The summed E-state index contributed by atoms with van der Waals surface area (Å²) in [6.07, 6.45) is -4.82. The van der Waals surface area contributed by atoms with E-state index in [2.05, 4.69) is 0 Å². The van der Waals surface area contributed by atoms with Gasteiger partial charge in [-0.3, -0.25) is 14.9 Å². The third kappa shape index (κ3) is 3.97. The molecule has 10 heteroatoms. The Bertz CT molecular complexity index is 909. The molecule has 0 aromatic heterocycles. The normalized spacial score (nSPS) is 11.1. The topological polar surface area (TPSA) is 113 Å². The number of ether oxygens (including phenoxy) is 1. The maximum absolute atomic E-state index is 12.7. The van der Waals surface area contributed by atoms with E-state index in [1.807, 2.05) is 0 Å². The summed E-state index contributed by atoms with van der Waals surface area (Å²) in [5, 5.41) is 11.0. The Labute approximate surface area is 144 Å². The van der Waals surface area contributed by atoms with Crippen molar-refractivity contribution in [2.24, 2.45) is 5.73 Å². The predicted molar refractivity (Wildman–Crippen MR) is 82.8 cm³/mol. The van der Waals surface area contributed by atoms with Gasteiger partial charge in [-0.15, -0.1) is 0 Å². The van der Waals surface area contributed by atoms with E-state index in [0.29, 0.717) is 17.7 Å². The molecule has 0 heterocycles. The lowest BCUT2D eigenvalue weighted by molar-refractivity contribution is -0.385. The second-order valence-corrected chi connectivity index (χ2v) is 5.24. The molecule has 1 amide bonds. The lowest BCUT2D eigenvalue weighted by Crippen LogP contribution is -2.17. The third-order valence-corrected chi connectivity index (χ3v) is 3.34. The van der Waals surface area contributed by atoms with Crippen molar-refractivity contribution in [3.05, 3.63) is 68.8 Å². The summed E-state index contributed by atoms with van der Waals surface area (Å²) in [5.74, 6) is -2.46. The molecule has 136 valence electrons. The molecule has 0 saturated carbocycles. The number of rotatable bonds is 4. The van der Waals surface area contributed by atoms with E-state index in [-0.39, 0.29) is 17.4 Å². The van der Waals surface area contributed by atoms with E-state index in [0.717, 1.165) is 0 Å². The van der Waals surface area contributed by atoms with Gasteiger partial charge in [-0.05, 0) is 31.2 Å². The zero-order valence-corrected chi connectivity index (χ0v) is 13.2. The van der Waals surface area contributed by atoms with Crippen LogP contribution in [0.5, 0.6) is 5.75 Å². The van der Waals surface area contributed by atoms with Gasteiger partial charge in [-0.2, -0.15) is 13.2 Å². The average molecular weight is 368 g/mol. The van der Waals surface area contributed by atoms with Crippen LogP contribution in [0.3, 0.4) is 0 Å². The molecule has 0 radical (unpaired) electrons. The smallest absolute Gasteiger partial charge is 0.416 e. The van der Waals surface area contributed by atoms with Crippen molar-refractivity contribution in [3.8, 4) is 5.75 Å². The maximum atomic E-state index is 12.7. The first kappa shape index (κ1) is 18.9. The number of nitrogens with zero attached hydrogens (tertiary/aromatic N) is 1. The minimum Gasteiger partial charge on any atom is -0.422 e. The molecule has 2 rings (SSSR count). The molecule has 7 nitrogen and oxygen atoms in total. The van der Waals surface area contributed by atoms with Crippen molar-refractivity contribution in [1.29, 1.82) is 0 Å². The van der Waals surface area contributed by atoms with Gasteiger partial charge in [0.1, 0.15) is 11.3 Å². The van der Waals surface area contributed by atoms with Crippen LogP contribution in [0.25, 0.3) is 0 Å². The molecular formula is C16H11F3N2O5. The minimum atomic E-state index is -4.82. The Morgan fingerprint density at radius 2 is 1.77 bits per heavy atom. The van der Waals surface area contributed by atoms with Crippen LogP contribution in [0.4, 0.5) is 18.9 Å². The van der Waals surface area contributed by atoms with Crippen molar-refractivity contribution in [2.75, 3.05) is 0 Å². The van der Waals surface area contributed by atoms with Crippen LogP contribution in [0.2, 0.25) is 0 Å². The zero-order valence-electron chi connectivity index (χ0n) is 13.2. The number of nitro benzene ring substituents is 1. The Morgan fingerprint density at radius 3 is 2.31 bits per heavy atom. The van der Waals surface area contributed by atoms with Crippen LogP contribution < -0.4 is 10.5 Å². The highest BCUT2D eigenvalue weighted by Crippen LogP contribution is 2.33. The molecule has 2 aromatic carbocycles. The predicted octanol–water partition coefficient (Wildman–Crippen LogP) is 3.24. The molecule has 0 atom stereocenters. The van der Waals surface area contributed by atoms with E-state index >= 15 is 0 Å². The van der Waals surface area contributed by atoms with E-state index < -0.39 is 39.8 Å². The van der Waals surface area contributed by atoms with Gasteiger partial charge < -0.3 is 10.5 Å². The second-order valence-electron chi connectivity index (χ2n) is 5.24. The third-order valence-electron chi connectivity index (χ3n) is 3.34. The summed E-state index contributed by atoms with van der Waals surface area (Å²) in [4.78, 5) is 33.5. The number of primary amides is 1. The Hall–Kier alpha value is -3.43. The number of hydrogen-bond donors (Lipinski definition) is 1. The molecule has 0 fully saturated rings. The number of hydrogen-bond acceptors (Lipinski definition) is 5. The molecule has 2 N–H and O–H groups in total. The monoisotopic (exact) mass is 368 g/mol. The average Bonchev–Trinajstić information content (AvgIpc) is 2.54. The largest absolute Gasteiger partial charge is 0.422 e. The van der Waals surface area contributed by atoms with Crippen LogP contribution in [-0.2, 0) is 6.18 Å². The summed E-state index contributed by atoms with van der Waals surface area (Å²) >= 11 is 0. The first-order valence-electron chi connectivity index (χ1n) is 6.99. The number of halogens is 3. The maximum Gasteiger partial charge on any atom is 0.416 e. The summed E-state index contributed by atoms with van der Waals surface area (Å²) in [6, 6.07) is 5.49. The number of nitrogens with two attached hydrogens (primary N) is 1. The first-order valence-corrected chi connectivity index (χ1v) is 6.99. The minimum absolute atomic E-state index is 0.145. The van der Waals surface area contributed by atoms with Crippen molar-refractivity contribution < 1.29 is 32.4 Å². The standard InChI is InChI=1S/C16H11F3N2O5/c1-8-2-5-13(11(6-8)14(20)22)26-15(23)10-4-3-9(16(17,18)19)7-12(10)21(24)25/h2-7H,1H3,(H2,20,22).